The van der Waals surface area contributed by atoms with Crippen molar-refractivity contribution in [3.8, 4) is 0 Å². The van der Waals surface area contributed by atoms with Crippen LogP contribution in [0.25, 0.3) is 0 Å². The summed E-state index contributed by atoms with van der Waals surface area (Å²) in [5.74, 6) is 0.571. The van der Waals surface area contributed by atoms with E-state index in [1.807, 2.05) is 23.1 Å². The molecular weight excluding hydrogens is 324 g/mol. The number of urea groups is 1. The Labute approximate surface area is 144 Å². The molecule has 132 valence electrons. The Morgan fingerprint density at radius 3 is 2.62 bits per heavy atom. The molecule has 5 nitrogen and oxygen atoms in total. The topological polar surface area (TPSA) is 66.5 Å². The van der Waals surface area contributed by atoms with Gasteiger partial charge < -0.3 is 10.2 Å². The van der Waals surface area contributed by atoms with Gasteiger partial charge in [0.05, 0.1) is 6.04 Å². The summed E-state index contributed by atoms with van der Waals surface area (Å²) in [4.78, 5) is 14.5. The van der Waals surface area contributed by atoms with E-state index in [9.17, 15) is 13.2 Å². The zero-order valence-electron chi connectivity index (χ0n) is 14.5. The number of piperidine rings is 1. The molecule has 2 rings (SSSR count). The minimum atomic E-state index is -3.19. The van der Waals surface area contributed by atoms with Gasteiger partial charge in [0, 0.05) is 24.3 Å². The van der Waals surface area contributed by atoms with Crippen molar-refractivity contribution < 1.29 is 13.2 Å². The zero-order valence-corrected chi connectivity index (χ0v) is 15.3. The first-order valence-electron chi connectivity index (χ1n) is 8.26. The third-order valence-corrected chi connectivity index (χ3v) is 4.93. The Morgan fingerprint density at radius 1 is 1.33 bits per heavy atom. The lowest BCUT2D eigenvalue weighted by Crippen LogP contribution is -2.48. The maximum atomic E-state index is 12.7. The number of benzene rings is 1. The predicted octanol–water partition coefficient (Wildman–Crippen LogP) is 3.12. The summed E-state index contributed by atoms with van der Waals surface area (Å²) in [6.45, 7) is 4.68. The van der Waals surface area contributed by atoms with Crippen LogP contribution in [0.5, 0.6) is 0 Å². The number of nitrogens with one attached hydrogen (secondary N) is 1. The molecule has 1 aromatic carbocycles. The van der Waals surface area contributed by atoms with E-state index in [4.69, 9.17) is 0 Å². The standard InChI is InChI=1S/C18H26N2O3S/c1-14-9-11-20(17(13-14)16-7-5-4-6-8-16)18(21)19-15(2)10-12-24(3,22)23/h4-8,10,12,14-15,17H,9,11,13H2,1-3H3,(H,19,21)/b12-10+/t14-,15+,17+/m0/s1. The summed E-state index contributed by atoms with van der Waals surface area (Å²) in [5.41, 5.74) is 1.14. The fourth-order valence-electron chi connectivity index (χ4n) is 2.96. The molecule has 0 saturated carbocycles. The highest BCUT2D eigenvalue weighted by molar-refractivity contribution is 7.93. The van der Waals surface area contributed by atoms with Crippen LogP contribution in [0.15, 0.2) is 41.8 Å². The van der Waals surface area contributed by atoms with E-state index in [0.717, 1.165) is 30.1 Å². The molecule has 0 bridgehead atoms. The number of hydrogen-bond acceptors (Lipinski definition) is 3. The van der Waals surface area contributed by atoms with Gasteiger partial charge in [-0.3, -0.25) is 0 Å². The van der Waals surface area contributed by atoms with Gasteiger partial charge in [0.1, 0.15) is 0 Å². The van der Waals surface area contributed by atoms with Gasteiger partial charge in [-0.2, -0.15) is 0 Å². The first kappa shape index (κ1) is 18.5. The van der Waals surface area contributed by atoms with Crippen LogP contribution in [0.3, 0.4) is 0 Å². The summed E-state index contributed by atoms with van der Waals surface area (Å²) < 4.78 is 22.4. The second-order valence-electron chi connectivity index (χ2n) is 6.65. The van der Waals surface area contributed by atoms with Crippen LogP contribution in [0, 0.1) is 5.92 Å². The molecule has 0 aromatic heterocycles. The van der Waals surface area contributed by atoms with Crippen molar-refractivity contribution in [3.05, 3.63) is 47.4 Å². The Hall–Kier alpha value is -1.82. The second kappa shape index (κ2) is 7.83. The van der Waals surface area contributed by atoms with E-state index in [1.54, 1.807) is 6.92 Å². The summed E-state index contributed by atoms with van der Waals surface area (Å²) in [7, 11) is -3.19. The number of sulfone groups is 1. The molecule has 0 spiro atoms. The molecule has 1 saturated heterocycles. The first-order chi connectivity index (χ1) is 11.3. The Balaban J connectivity index is 2.09. The third-order valence-electron chi connectivity index (χ3n) is 4.28. The third kappa shape index (κ3) is 5.37. The Morgan fingerprint density at radius 2 is 2.00 bits per heavy atom. The van der Waals surface area contributed by atoms with Crippen molar-refractivity contribution in [1.82, 2.24) is 10.2 Å². The lowest BCUT2D eigenvalue weighted by Gasteiger charge is -2.39. The minimum absolute atomic E-state index is 0.0565. The quantitative estimate of drug-likeness (QED) is 0.907. The second-order valence-corrected chi connectivity index (χ2v) is 8.58. The highest BCUT2D eigenvalue weighted by Crippen LogP contribution is 2.33. The van der Waals surface area contributed by atoms with Gasteiger partial charge in [-0.15, -0.1) is 0 Å². The first-order valence-corrected chi connectivity index (χ1v) is 10.2. The van der Waals surface area contributed by atoms with Crippen LogP contribution in [-0.4, -0.2) is 38.2 Å². The highest BCUT2D eigenvalue weighted by Gasteiger charge is 2.31. The van der Waals surface area contributed by atoms with E-state index in [1.165, 1.54) is 6.08 Å². The number of carbonyl (C=O) groups excluding carboxylic acids is 1. The van der Waals surface area contributed by atoms with Crippen molar-refractivity contribution in [3.63, 3.8) is 0 Å². The molecule has 6 heteroatoms. The van der Waals surface area contributed by atoms with Crippen molar-refractivity contribution in [2.45, 2.75) is 38.8 Å². The molecule has 1 aromatic rings. The van der Waals surface area contributed by atoms with Crippen LogP contribution in [0.1, 0.15) is 38.3 Å². The predicted molar refractivity (Wildman–Crippen MR) is 96.3 cm³/mol. The summed E-state index contributed by atoms with van der Waals surface area (Å²) >= 11 is 0. The molecule has 1 N–H and O–H groups in total. The summed E-state index contributed by atoms with van der Waals surface area (Å²) in [6.07, 6.45) is 4.54. The van der Waals surface area contributed by atoms with Gasteiger partial charge in [-0.25, -0.2) is 13.2 Å². The molecule has 1 aliphatic heterocycles. The lowest BCUT2D eigenvalue weighted by molar-refractivity contribution is 0.131. The Bertz CT molecular complexity index is 685. The number of nitrogens with zero attached hydrogens (tertiary/aromatic N) is 1. The van der Waals surface area contributed by atoms with Gasteiger partial charge in [-0.05, 0) is 31.2 Å². The van der Waals surface area contributed by atoms with Gasteiger partial charge in [0.25, 0.3) is 0 Å². The fraction of sp³-hybridized carbons (Fsp3) is 0.500. The smallest absolute Gasteiger partial charge is 0.318 e. The number of amides is 2. The van der Waals surface area contributed by atoms with E-state index in [2.05, 4.69) is 24.4 Å². The monoisotopic (exact) mass is 350 g/mol. The molecule has 0 radical (unpaired) electrons. The van der Waals surface area contributed by atoms with Crippen molar-refractivity contribution in [2.75, 3.05) is 12.8 Å². The molecule has 0 aliphatic carbocycles. The molecule has 0 unspecified atom stereocenters. The van der Waals surface area contributed by atoms with E-state index >= 15 is 0 Å². The van der Waals surface area contributed by atoms with Crippen LogP contribution >= 0.6 is 0 Å². The average molecular weight is 350 g/mol. The highest BCUT2D eigenvalue weighted by atomic mass is 32.2. The fourth-order valence-corrected chi connectivity index (χ4v) is 3.48. The van der Waals surface area contributed by atoms with E-state index in [0.29, 0.717) is 12.5 Å². The van der Waals surface area contributed by atoms with Gasteiger partial charge in [0.15, 0.2) is 9.84 Å². The van der Waals surface area contributed by atoms with Gasteiger partial charge in [-0.1, -0.05) is 43.3 Å². The number of carbonyl (C=O) groups is 1. The SMILES string of the molecule is C[C@H]1CCN(C(=O)N[C@H](C)/C=C/S(C)(=O)=O)[C@@H](c2ccccc2)C1. The van der Waals surface area contributed by atoms with Crippen molar-refractivity contribution >= 4 is 15.9 Å². The van der Waals surface area contributed by atoms with E-state index in [-0.39, 0.29) is 18.1 Å². The van der Waals surface area contributed by atoms with Crippen LogP contribution in [0.2, 0.25) is 0 Å². The largest absolute Gasteiger partial charge is 0.332 e. The lowest BCUT2D eigenvalue weighted by atomic mass is 9.88. The molecule has 2 amide bonds. The van der Waals surface area contributed by atoms with Crippen LogP contribution in [-0.2, 0) is 9.84 Å². The van der Waals surface area contributed by atoms with Crippen LogP contribution in [0.4, 0.5) is 4.79 Å². The maximum Gasteiger partial charge on any atom is 0.318 e. The minimum Gasteiger partial charge on any atom is -0.332 e. The average Bonchev–Trinajstić information content (AvgIpc) is 2.53. The van der Waals surface area contributed by atoms with E-state index < -0.39 is 9.84 Å². The van der Waals surface area contributed by atoms with Gasteiger partial charge >= 0.3 is 6.03 Å². The van der Waals surface area contributed by atoms with Crippen molar-refractivity contribution in [2.24, 2.45) is 5.92 Å². The normalized spacial score (nSPS) is 23.2. The summed E-state index contributed by atoms with van der Waals surface area (Å²) in [5, 5.41) is 4.00. The molecule has 1 heterocycles. The molecular formula is C18H26N2O3S. The number of hydrogen-bond donors (Lipinski definition) is 1. The van der Waals surface area contributed by atoms with Crippen LogP contribution < -0.4 is 5.32 Å². The molecule has 24 heavy (non-hydrogen) atoms. The number of likely N-dealkylation sites (tertiary alicyclic amines) is 1. The molecule has 1 aliphatic rings. The zero-order chi connectivity index (χ0) is 17.7. The Kier molecular flexibility index (Phi) is 6.04. The maximum absolute atomic E-state index is 12.7. The van der Waals surface area contributed by atoms with Gasteiger partial charge in [0.2, 0.25) is 0 Å². The summed E-state index contributed by atoms with van der Waals surface area (Å²) in [6, 6.07) is 9.61. The molecule has 3 atom stereocenters. The molecule has 1 fully saturated rings. The number of rotatable bonds is 4. The van der Waals surface area contributed by atoms with Crippen molar-refractivity contribution in [1.29, 1.82) is 0 Å².